The fourth-order valence-electron chi connectivity index (χ4n) is 3.37. The van der Waals surface area contributed by atoms with Crippen molar-refractivity contribution >= 4 is 23.8 Å². The number of aromatic nitrogens is 1. The fraction of sp³-hybridized carbons (Fsp3) is 0.143. The number of carbonyl (C=O) groups excluding carboxylic acids is 3. The lowest BCUT2D eigenvalue weighted by atomic mass is 10.0. The summed E-state index contributed by atoms with van der Waals surface area (Å²) in [5.41, 5.74) is 2.76. The van der Waals surface area contributed by atoms with Gasteiger partial charge in [-0.1, -0.05) is 6.92 Å². The predicted molar refractivity (Wildman–Crippen MR) is 132 cm³/mol. The summed E-state index contributed by atoms with van der Waals surface area (Å²) in [5, 5.41) is 2.73. The Bertz CT molecular complexity index is 1300. The van der Waals surface area contributed by atoms with Crippen LogP contribution in [0.3, 0.4) is 0 Å². The molecule has 0 fully saturated rings. The van der Waals surface area contributed by atoms with Crippen molar-refractivity contribution in [2.24, 2.45) is 0 Å². The zero-order valence-corrected chi connectivity index (χ0v) is 19.9. The normalized spacial score (nSPS) is 11.7. The molecule has 0 bridgehead atoms. The number of carbonyl (C=O) groups is 3. The lowest BCUT2D eigenvalue weighted by molar-refractivity contribution is -0.120. The average Bonchev–Trinajstić information content (AvgIpc) is 2.89. The van der Waals surface area contributed by atoms with Crippen molar-refractivity contribution in [2.75, 3.05) is 0 Å². The molecule has 1 N–H and O–H groups in total. The minimum atomic E-state index is -0.446. The Hall–Kier alpha value is -4.46. The summed E-state index contributed by atoms with van der Waals surface area (Å²) in [6.07, 6.45) is 7.17. The Kier molecular flexibility index (Phi) is 8.94. The van der Waals surface area contributed by atoms with E-state index in [1.54, 1.807) is 32.1 Å². The highest BCUT2D eigenvalue weighted by atomic mass is 19.1. The highest BCUT2D eigenvalue weighted by molar-refractivity contribution is 6.08. The molecule has 0 aliphatic carbocycles. The molecule has 0 radical (unpaired) electrons. The molecule has 2 amide bonds. The van der Waals surface area contributed by atoms with Crippen molar-refractivity contribution in [3.8, 4) is 0 Å². The molecular weight excluding hydrogens is 464 g/mol. The minimum absolute atomic E-state index is 0.0679. The number of halogens is 2. The highest BCUT2D eigenvalue weighted by Crippen LogP contribution is 2.22. The first kappa shape index (κ1) is 26.2. The zero-order valence-electron chi connectivity index (χ0n) is 19.9. The number of pyridine rings is 1. The van der Waals surface area contributed by atoms with E-state index in [9.17, 15) is 23.2 Å². The quantitative estimate of drug-likeness (QED) is 0.246. The van der Waals surface area contributed by atoms with Crippen molar-refractivity contribution in [2.45, 2.75) is 26.8 Å². The molecule has 3 aromatic rings. The SMILES string of the molecule is CCC(=O)N/C(C)=C/C=C(/c1ccc(F)cc1)N(C=O)Cc1cncc(C(=O)c2ccc(F)cc2)c1. The lowest BCUT2D eigenvalue weighted by Crippen LogP contribution is -2.21. The summed E-state index contributed by atoms with van der Waals surface area (Å²) in [7, 11) is 0. The summed E-state index contributed by atoms with van der Waals surface area (Å²) in [6, 6.07) is 12.5. The van der Waals surface area contributed by atoms with E-state index in [0.29, 0.717) is 40.9 Å². The van der Waals surface area contributed by atoms with E-state index in [-0.39, 0.29) is 23.8 Å². The van der Waals surface area contributed by atoms with Gasteiger partial charge in [0.15, 0.2) is 5.78 Å². The minimum Gasteiger partial charge on any atom is -0.330 e. The van der Waals surface area contributed by atoms with E-state index in [2.05, 4.69) is 10.3 Å². The largest absolute Gasteiger partial charge is 0.330 e. The van der Waals surface area contributed by atoms with E-state index in [0.717, 1.165) is 0 Å². The van der Waals surface area contributed by atoms with Gasteiger partial charge in [0.1, 0.15) is 11.6 Å². The smallest absolute Gasteiger partial charge is 0.223 e. The van der Waals surface area contributed by atoms with Crippen LogP contribution in [-0.2, 0) is 16.1 Å². The zero-order chi connectivity index (χ0) is 26.1. The van der Waals surface area contributed by atoms with Crippen LogP contribution in [0.5, 0.6) is 0 Å². The molecule has 0 saturated carbocycles. The van der Waals surface area contributed by atoms with E-state index >= 15 is 0 Å². The summed E-state index contributed by atoms with van der Waals surface area (Å²) in [4.78, 5) is 42.1. The first-order valence-electron chi connectivity index (χ1n) is 11.2. The van der Waals surface area contributed by atoms with Crippen molar-refractivity contribution in [1.82, 2.24) is 15.2 Å². The highest BCUT2D eigenvalue weighted by Gasteiger charge is 2.15. The van der Waals surface area contributed by atoms with Gasteiger partial charge in [0, 0.05) is 35.6 Å². The third-order valence-electron chi connectivity index (χ3n) is 5.24. The van der Waals surface area contributed by atoms with Crippen LogP contribution < -0.4 is 5.32 Å². The second kappa shape index (κ2) is 12.3. The summed E-state index contributed by atoms with van der Waals surface area (Å²) in [5.74, 6) is -1.35. The van der Waals surface area contributed by atoms with Gasteiger partial charge in [-0.25, -0.2) is 8.78 Å². The maximum atomic E-state index is 13.5. The number of rotatable bonds is 10. The number of ketones is 1. The fourth-order valence-corrected chi connectivity index (χ4v) is 3.37. The Morgan fingerprint density at radius 1 is 0.917 bits per heavy atom. The molecule has 1 aromatic heterocycles. The Morgan fingerprint density at radius 2 is 1.53 bits per heavy atom. The molecule has 0 aliphatic rings. The molecule has 184 valence electrons. The van der Waals surface area contributed by atoms with Crippen LogP contribution >= 0.6 is 0 Å². The van der Waals surface area contributed by atoms with Gasteiger partial charge in [0.2, 0.25) is 12.3 Å². The van der Waals surface area contributed by atoms with Crippen molar-refractivity contribution in [3.63, 3.8) is 0 Å². The second-order valence-electron chi connectivity index (χ2n) is 7.96. The molecule has 1 heterocycles. The number of nitrogens with zero attached hydrogens (tertiary/aromatic N) is 2. The maximum Gasteiger partial charge on any atom is 0.223 e. The number of hydrogen-bond acceptors (Lipinski definition) is 4. The molecule has 0 spiro atoms. The molecule has 36 heavy (non-hydrogen) atoms. The molecule has 6 nitrogen and oxygen atoms in total. The Morgan fingerprint density at radius 3 is 2.11 bits per heavy atom. The van der Waals surface area contributed by atoms with Gasteiger partial charge >= 0.3 is 0 Å². The molecule has 2 aromatic carbocycles. The van der Waals surface area contributed by atoms with Crippen LogP contribution in [-0.4, -0.2) is 28.0 Å². The first-order chi connectivity index (χ1) is 17.3. The number of hydrogen-bond donors (Lipinski definition) is 1. The van der Waals surface area contributed by atoms with Gasteiger partial charge in [-0.15, -0.1) is 0 Å². The predicted octanol–water partition coefficient (Wildman–Crippen LogP) is 5.02. The average molecular weight is 490 g/mol. The third-order valence-corrected chi connectivity index (χ3v) is 5.24. The summed E-state index contributed by atoms with van der Waals surface area (Å²) >= 11 is 0. The number of allylic oxidation sites excluding steroid dienone is 3. The van der Waals surface area contributed by atoms with Gasteiger partial charge in [-0.05, 0) is 84.8 Å². The van der Waals surface area contributed by atoms with Gasteiger partial charge in [-0.3, -0.25) is 19.4 Å². The van der Waals surface area contributed by atoms with Crippen molar-refractivity contribution in [1.29, 1.82) is 0 Å². The van der Waals surface area contributed by atoms with E-state index < -0.39 is 11.6 Å². The van der Waals surface area contributed by atoms with Crippen LogP contribution in [0.4, 0.5) is 8.78 Å². The van der Waals surface area contributed by atoms with Crippen LogP contribution in [0.15, 0.2) is 84.8 Å². The lowest BCUT2D eigenvalue weighted by Gasteiger charge is -2.21. The number of amides is 2. The molecule has 0 aliphatic heterocycles. The molecular formula is C28H25F2N3O3. The van der Waals surface area contributed by atoms with Gasteiger partial charge in [0.05, 0.1) is 12.2 Å². The van der Waals surface area contributed by atoms with E-state index in [1.807, 2.05) is 0 Å². The van der Waals surface area contributed by atoms with Gasteiger partial charge in [0.25, 0.3) is 0 Å². The molecule has 8 heteroatoms. The Labute approximate surface area is 208 Å². The van der Waals surface area contributed by atoms with Crippen LogP contribution in [0.1, 0.15) is 47.3 Å². The molecule has 3 rings (SSSR count). The van der Waals surface area contributed by atoms with Crippen LogP contribution in [0, 0.1) is 11.6 Å². The number of nitrogens with one attached hydrogen (secondary N) is 1. The standard InChI is InChI=1S/C28H25F2N3O3/c1-3-27(35)32-19(2)4-13-26(21-5-9-24(29)10-6-21)33(18-34)17-20-14-23(16-31-15-20)28(36)22-7-11-25(30)12-8-22/h4-16,18H,3,17H2,1-2H3,(H,32,35)/b19-4+,26-13-. The topological polar surface area (TPSA) is 79.4 Å². The second-order valence-corrected chi connectivity index (χ2v) is 7.96. The molecule has 0 unspecified atom stereocenters. The van der Waals surface area contributed by atoms with E-state index in [4.69, 9.17) is 0 Å². The van der Waals surface area contributed by atoms with Gasteiger partial charge in [-0.2, -0.15) is 0 Å². The van der Waals surface area contributed by atoms with Crippen LogP contribution in [0.2, 0.25) is 0 Å². The summed E-state index contributed by atoms with van der Waals surface area (Å²) in [6.45, 7) is 3.52. The first-order valence-corrected chi connectivity index (χ1v) is 11.2. The van der Waals surface area contributed by atoms with E-state index in [1.165, 1.54) is 65.8 Å². The number of benzene rings is 2. The Balaban J connectivity index is 1.92. The maximum absolute atomic E-state index is 13.5. The molecule has 0 saturated heterocycles. The van der Waals surface area contributed by atoms with Crippen LogP contribution in [0.25, 0.3) is 5.70 Å². The third kappa shape index (κ3) is 7.02. The van der Waals surface area contributed by atoms with Crippen molar-refractivity contribution < 1.29 is 23.2 Å². The molecule has 0 atom stereocenters. The van der Waals surface area contributed by atoms with Crippen molar-refractivity contribution in [3.05, 3.63) is 119 Å². The summed E-state index contributed by atoms with van der Waals surface area (Å²) < 4.78 is 26.8. The monoisotopic (exact) mass is 489 g/mol. The van der Waals surface area contributed by atoms with Gasteiger partial charge < -0.3 is 10.2 Å².